The van der Waals surface area contributed by atoms with Gasteiger partial charge in [-0.3, -0.25) is 9.59 Å². The standard InChI is InChI=1S/C20H20N6O2S/c1-13(27)21-16-8-5-9-17(12-16)26-20(23-24-25-26)29-18(14-6-3-2-4-7-14)19(28)22-15-10-11-15/h2-9,12,15,18H,10-11H2,1H3,(H,21,27)(H,22,28). The number of aromatic nitrogens is 4. The molecule has 1 unspecified atom stereocenters. The van der Waals surface area contributed by atoms with E-state index < -0.39 is 5.25 Å². The topological polar surface area (TPSA) is 102 Å². The van der Waals surface area contributed by atoms with Gasteiger partial charge in [0.1, 0.15) is 5.25 Å². The lowest BCUT2D eigenvalue weighted by Gasteiger charge is -2.16. The van der Waals surface area contributed by atoms with Gasteiger partial charge in [-0.1, -0.05) is 48.2 Å². The fraction of sp³-hybridized carbons (Fsp3) is 0.250. The minimum absolute atomic E-state index is 0.0507. The Hall–Kier alpha value is -3.20. The first-order valence-electron chi connectivity index (χ1n) is 9.28. The molecule has 8 nitrogen and oxygen atoms in total. The molecular formula is C20H20N6O2S. The Morgan fingerprint density at radius 2 is 1.93 bits per heavy atom. The van der Waals surface area contributed by atoms with Crippen molar-refractivity contribution in [1.29, 1.82) is 0 Å². The summed E-state index contributed by atoms with van der Waals surface area (Å²) in [5.41, 5.74) is 2.22. The number of rotatable bonds is 7. The zero-order valence-corrected chi connectivity index (χ0v) is 16.6. The molecule has 9 heteroatoms. The van der Waals surface area contributed by atoms with Crippen LogP contribution in [-0.2, 0) is 9.59 Å². The lowest BCUT2D eigenvalue weighted by Crippen LogP contribution is -2.29. The first-order chi connectivity index (χ1) is 14.1. The molecule has 1 atom stereocenters. The highest BCUT2D eigenvalue weighted by Crippen LogP contribution is 2.36. The van der Waals surface area contributed by atoms with Crippen LogP contribution in [0.3, 0.4) is 0 Å². The normalized spacial score (nSPS) is 14.2. The zero-order valence-electron chi connectivity index (χ0n) is 15.8. The van der Waals surface area contributed by atoms with Crippen molar-refractivity contribution in [3.8, 4) is 5.69 Å². The number of hydrogen-bond acceptors (Lipinski definition) is 6. The van der Waals surface area contributed by atoms with Crippen molar-refractivity contribution in [2.45, 2.75) is 36.2 Å². The van der Waals surface area contributed by atoms with Gasteiger partial charge in [0.05, 0.1) is 5.69 Å². The van der Waals surface area contributed by atoms with Crippen LogP contribution < -0.4 is 10.6 Å². The fourth-order valence-corrected chi connectivity index (χ4v) is 3.85. The maximum atomic E-state index is 12.9. The highest BCUT2D eigenvalue weighted by molar-refractivity contribution is 8.00. The maximum Gasteiger partial charge on any atom is 0.238 e. The Bertz CT molecular complexity index is 1020. The Kier molecular flexibility index (Phi) is 5.57. The number of nitrogens with zero attached hydrogens (tertiary/aromatic N) is 4. The Balaban J connectivity index is 1.62. The molecule has 0 spiro atoms. The number of amides is 2. The molecule has 29 heavy (non-hydrogen) atoms. The second-order valence-electron chi connectivity index (χ2n) is 6.80. The van der Waals surface area contributed by atoms with Crippen LogP contribution >= 0.6 is 11.8 Å². The third-order valence-corrected chi connectivity index (χ3v) is 5.53. The third-order valence-electron chi connectivity index (χ3n) is 4.34. The second-order valence-corrected chi connectivity index (χ2v) is 7.87. The third kappa shape index (κ3) is 4.80. The molecule has 1 aromatic heterocycles. The smallest absolute Gasteiger partial charge is 0.238 e. The van der Waals surface area contributed by atoms with Gasteiger partial charge in [-0.15, -0.1) is 5.10 Å². The Morgan fingerprint density at radius 3 is 2.66 bits per heavy atom. The quantitative estimate of drug-likeness (QED) is 0.583. The number of nitrogens with one attached hydrogen (secondary N) is 2. The summed E-state index contributed by atoms with van der Waals surface area (Å²) in [6, 6.07) is 17.1. The monoisotopic (exact) mass is 408 g/mol. The SMILES string of the molecule is CC(=O)Nc1cccc(-n2nnnc2SC(C(=O)NC2CC2)c2ccccc2)c1. The lowest BCUT2D eigenvalue weighted by molar-refractivity contribution is -0.120. The number of carbonyl (C=O) groups is 2. The number of anilines is 1. The van der Waals surface area contributed by atoms with Crippen molar-refractivity contribution in [1.82, 2.24) is 25.5 Å². The van der Waals surface area contributed by atoms with Gasteiger partial charge < -0.3 is 10.6 Å². The number of carbonyl (C=O) groups excluding carboxylic acids is 2. The van der Waals surface area contributed by atoms with Crippen molar-refractivity contribution >= 4 is 29.3 Å². The molecule has 2 amide bonds. The van der Waals surface area contributed by atoms with Gasteiger partial charge in [0.2, 0.25) is 17.0 Å². The summed E-state index contributed by atoms with van der Waals surface area (Å²) in [5, 5.41) is 17.8. The first kappa shape index (κ1) is 19.1. The summed E-state index contributed by atoms with van der Waals surface area (Å²) in [7, 11) is 0. The summed E-state index contributed by atoms with van der Waals surface area (Å²) in [4.78, 5) is 24.2. The molecule has 0 radical (unpaired) electrons. The van der Waals surface area contributed by atoms with Crippen molar-refractivity contribution < 1.29 is 9.59 Å². The van der Waals surface area contributed by atoms with Crippen LogP contribution in [0.2, 0.25) is 0 Å². The largest absolute Gasteiger partial charge is 0.352 e. The molecule has 4 rings (SSSR count). The van der Waals surface area contributed by atoms with Gasteiger partial charge in [0.15, 0.2) is 0 Å². The molecule has 1 fully saturated rings. The molecular weight excluding hydrogens is 388 g/mol. The summed E-state index contributed by atoms with van der Waals surface area (Å²) in [6.45, 7) is 1.45. The molecule has 3 aromatic rings. The highest BCUT2D eigenvalue weighted by Gasteiger charge is 2.30. The van der Waals surface area contributed by atoms with Gasteiger partial charge >= 0.3 is 0 Å². The van der Waals surface area contributed by atoms with E-state index in [4.69, 9.17) is 0 Å². The van der Waals surface area contributed by atoms with Gasteiger partial charge in [-0.2, -0.15) is 4.68 Å². The summed E-state index contributed by atoms with van der Waals surface area (Å²) in [6.07, 6.45) is 2.04. The minimum atomic E-state index is -0.472. The van der Waals surface area contributed by atoms with Crippen LogP contribution in [0, 0.1) is 0 Å². The van der Waals surface area contributed by atoms with Crippen LogP contribution in [-0.4, -0.2) is 38.1 Å². The van der Waals surface area contributed by atoms with Crippen LogP contribution in [0.1, 0.15) is 30.6 Å². The van der Waals surface area contributed by atoms with E-state index in [1.807, 2.05) is 42.5 Å². The van der Waals surface area contributed by atoms with E-state index in [1.165, 1.54) is 18.7 Å². The highest BCUT2D eigenvalue weighted by atomic mass is 32.2. The molecule has 2 aromatic carbocycles. The average molecular weight is 408 g/mol. The minimum Gasteiger partial charge on any atom is -0.352 e. The molecule has 1 aliphatic carbocycles. The number of tetrazole rings is 1. The summed E-state index contributed by atoms with van der Waals surface area (Å²) < 4.78 is 1.57. The predicted molar refractivity (Wildman–Crippen MR) is 110 cm³/mol. The molecule has 1 saturated carbocycles. The first-order valence-corrected chi connectivity index (χ1v) is 10.2. The van der Waals surface area contributed by atoms with E-state index >= 15 is 0 Å². The average Bonchev–Trinajstić information content (AvgIpc) is 3.40. The van der Waals surface area contributed by atoms with Crippen molar-refractivity contribution in [3.63, 3.8) is 0 Å². The molecule has 0 bridgehead atoms. The molecule has 1 aliphatic rings. The molecule has 1 heterocycles. The Morgan fingerprint density at radius 1 is 1.14 bits per heavy atom. The summed E-state index contributed by atoms with van der Waals surface area (Å²) >= 11 is 1.30. The van der Waals surface area contributed by atoms with E-state index in [9.17, 15) is 9.59 Å². The maximum absolute atomic E-state index is 12.9. The molecule has 0 aliphatic heterocycles. The number of thioether (sulfide) groups is 1. The van der Waals surface area contributed by atoms with E-state index in [-0.39, 0.29) is 17.9 Å². The van der Waals surface area contributed by atoms with E-state index in [0.717, 1.165) is 18.4 Å². The van der Waals surface area contributed by atoms with Crippen molar-refractivity contribution in [2.75, 3.05) is 5.32 Å². The molecule has 148 valence electrons. The summed E-state index contributed by atoms with van der Waals surface area (Å²) in [5.74, 6) is -0.209. The number of benzene rings is 2. The van der Waals surface area contributed by atoms with E-state index in [2.05, 4.69) is 26.2 Å². The number of hydrogen-bond donors (Lipinski definition) is 2. The molecule has 2 N–H and O–H groups in total. The Labute approximate surface area is 172 Å². The van der Waals surface area contributed by atoms with Crippen LogP contribution in [0.15, 0.2) is 59.8 Å². The zero-order chi connectivity index (χ0) is 20.2. The van der Waals surface area contributed by atoms with Gasteiger partial charge in [-0.05, 0) is 47.0 Å². The fourth-order valence-electron chi connectivity index (χ4n) is 2.84. The van der Waals surface area contributed by atoms with Crippen LogP contribution in [0.4, 0.5) is 5.69 Å². The van der Waals surface area contributed by atoms with E-state index in [1.54, 1.807) is 16.8 Å². The predicted octanol–water partition coefficient (Wildman–Crippen LogP) is 2.73. The van der Waals surface area contributed by atoms with Gasteiger partial charge in [0, 0.05) is 18.7 Å². The molecule has 0 saturated heterocycles. The second kappa shape index (κ2) is 8.44. The van der Waals surface area contributed by atoms with E-state index in [0.29, 0.717) is 16.5 Å². The van der Waals surface area contributed by atoms with Gasteiger partial charge in [-0.25, -0.2) is 0 Å². The van der Waals surface area contributed by atoms with Crippen LogP contribution in [0.5, 0.6) is 0 Å². The van der Waals surface area contributed by atoms with Crippen molar-refractivity contribution in [3.05, 3.63) is 60.2 Å². The van der Waals surface area contributed by atoms with Crippen LogP contribution in [0.25, 0.3) is 5.69 Å². The lowest BCUT2D eigenvalue weighted by atomic mass is 10.1. The van der Waals surface area contributed by atoms with Gasteiger partial charge in [0.25, 0.3) is 0 Å². The van der Waals surface area contributed by atoms with Crippen molar-refractivity contribution in [2.24, 2.45) is 0 Å².